The first kappa shape index (κ1) is 22.2. The van der Waals surface area contributed by atoms with E-state index in [0.717, 1.165) is 39.0 Å². The molecule has 1 unspecified atom stereocenters. The third-order valence-electron chi connectivity index (χ3n) is 5.45. The molecular weight excluding hydrogens is 379 g/mol. The number of aliphatic hydroxyl groups is 1. The van der Waals surface area contributed by atoms with Crippen LogP contribution in [0.3, 0.4) is 0 Å². The van der Waals surface area contributed by atoms with Gasteiger partial charge in [0.2, 0.25) is 0 Å². The molecule has 5 nitrogen and oxygen atoms in total. The van der Waals surface area contributed by atoms with Crippen molar-refractivity contribution in [2.75, 3.05) is 26.2 Å². The van der Waals surface area contributed by atoms with E-state index in [0.29, 0.717) is 12.0 Å². The number of aliphatic imine (C=N–C) groups is 1. The number of likely N-dealkylation sites (tertiary alicyclic amines) is 1. The Bertz CT molecular complexity index is 833. The van der Waals surface area contributed by atoms with Gasteiger partial charge in [-0.15, -0.1) is 0 Å². The Hall–Kier alpha value is -2.44. The van der Waals surface area contributed by atoms with E-state index < -0.39 is 11.9 Å². The van der Waals surface area contributed by atoms with Crippen LogP contribution in [0.4, 0.5) is 4.39 Å². The van der Waals surface area contributed by atoms with Gasteiger partial charge in [0.05, 0.1) is 6.54 Å². The third-order valence-corrected chi connectivity index (χ3v) is 5.45. The molecule has 0 amide bonds. The lowest BCUT2D eigenvalue weighted by molar-refractivity contribution is 0.181. The number of halogens is 1. The minimum atomic E-state index is -0.960. The van der Waals surface area contributed by atoms with Crippen molar-refractivity contribution in [2.45, 2.75) is 45.4 Å². The van der Waals surface area contributed by atoms with Gasteiger partial charge < -0.3 is 15.7 Å². The zero-order valence-corrected chi connectivity index (χ0v) is 17.9. The molecular formula is C24H33FN4O. The van der Waals surface area contributed by atoms with Crippen LogP contribution < -0.4 is 10.6 Å². The van der Waals surface area contributed by atoms with Crippen molar-refractivity contribution in [2.24, 2.45) is 4.99 Å². The largest absolute Gasteiger partial charge is 0.386 e. The van der Waals surface area contributed by atoms with E-state index >= 15 is 0 Å². The van der Waals surface area contributed by atoms with Gasteiger partial charge in [-0.05, 0) is 38.3 Å². The van der Waals surface area contributed by atoms with Crippen LogP contribution in [-0.4, -0.2) is 48.2 Å². The highest BCUT2D eigenvalue weighted by Gasteiger charge is 2.20. The molecule has 0 bridgehead atoms. The maximum atomic E-state index is 13.9. The number of nitrogens with one attached hydrogen (secondary N) is 2. The van der Waals surface area contributed by atoms with Crippen LogP contribution in [0.5, 0.6) is 0 Å². The number of hydrogen-bond acceptors (Lipinski definition) is 3. The highest BCUT2D eigenvalue weighted by Crippen LogP contribution is 2.17. The summed E-state index contributed by atoms with van der Waals surface area (Å²) in [6.07, 6.45) is 1.11. The summed E-state index contributed by atoms with van der Waals surface area (Å²) in [5, 5.41) is 17.0. The molecule has 1 atom stereocenters. The number of piperidine rings is 1. The topological polar surface area (TPSA) is 59.9 Å². The summed E-state index contributed by atoms with van der Waals surface area (Å²) in [5.74, 6) is 0.268. The highest BCUT2D eigenvalue weighted by molar-refractivity contribution is 5.80. The second-order valence-corrected chi connectivity index (χ2v) is 7.94. The maximum absolute atomic E-state index is 13.9. The average Bonchev–Trinajstić information content (AvgIpc) is 2.74. The number of hydrogen-bond donors (Lipinski definition) is 3. The van der Waals surface area contributed by atoms with Gasteiger partial charge in [-0.2, -0.15) is 0 Å². The van der Waals surface area contributed by atoms with Crippen molar-refractivity contribution in [1.29, 1.82) is 0 Å². The predicted octanol–water partition coefficient (Wildman–Crippen LogP) is 3.39. The molecule has 3 rings (SSSR count). The van der Waals surface area contributed by atoms with Crippen LogP contribution in [0.15, 0.2) is 53.5 Å². The molecule has 0 spiro atoms. The molecule has 2 aromatic rings. The van der Waals surface area contributed by atoms with E-state index in [9.17, 15) is 9.50 Å². The highest BCUT2D eigenvalue weighted by atomic mass is 19.1. The van der Waals surface area contributed by atoms with Crippen LogP contribution in [0.25, 0.3) is 0 Å². The molecule has 0 radical (unpaired) electrons. The fourth-order valence-corrected chi connectivity index (χ4v) is 3.84. The van der Waals surface area contributed by atoms with Crippen molar-refractivity contribution in [1.82, 2.24) is 15.5 Å². The fourth-order valence-electron chi connectivity index (χ4n) is 3.84. The van der Waals surface area contributed by atoms with Crippen molar-refractivity contribution in [3.63, 3.8) is 0 Å². The normalized spacial score (nSPS) is 17.0. The van der Waals surface area contributed by atoms with Crippen molar-refractivity contribution < 1.29 is 9.50 Å². The monoisotopic (exact) mass is 412 g/mol. The van der Waals surface area contributed by atoms with E-state index in [4.69, 9.17) is 0 Å². The molecule has 0 aliphatic carbocycles. The summed E-state index contributed by atoms with van der Waals surface area (Å²) in [6.45, 7) is 8.03. The molecule has 1 heterocycles. The molecule has 1 aliphatic rings. The number of nitrogens with zero attached hydrogens (tertiary/aromatic N) is 2. The van der Waals surface area contributed by atoms with Gasteiger partial charge in [-0.3, -0.25) is 9.89 Å². The number of aliphatic hydroxyl groups excluding tert-OH is 1. The van der Waals surface area contributed by atoms with Gasteiger partial charge in [0.1, 0.15) is 11.9 Å². The number of rotatable bonds is 7. The lowest BCUT2D eigenvalue weighted by Gasteiger charge is -2.33. The Balaban J connectivity index is 1.50. The van der Waals surface area contributed by atoms with E-state index in [-0.39, 0.29) is 12.1 Å². The maximum Gasteiger partial charge on any atom is 0.191 e. The van der Waals surface area contributed by atoms with Crippen LogP contribution in [0.1, 0.15) is 42.6 Å². The molecule has 30 heavy (non-hydrogen) atoms. The summed E-state index contributed by atoms with van der Waals surface area (Å²) < 4.78 is 13.9. The molecule has 0 saturated carbocycles. The number of benzene rings is 2. The van der Waals surface area contributed by atoms with E-state index in [2.05, 4.69) is 51.7 Å². The number of guanidine groups is 1. The Labute approximate surface area is 179 Å². The molecule has 2 aromatic carbocycles. The van der Waals surface area contributed by atoms with Crippen LogP contribution in [-0.2, 0) is 6.54 Å². The van der Waals surface area contributed by atoms with Gasteiger partial charge in [0.25, 0.3) is 0 Å². The van der Waals surface area contributed by atoms with Crippen LogP contribution in [0.2, 0.25) is 0 Å². The zero-order valence-electron chi connectivity index (χ0n) is 17.9. The first-order chi connectivity index (χ1) is 14.5. The predicted molar refractivity (Wildman–Crippen MR) is 120 cm³/mol. The third kappa shape index (κ3) is 6.54. The van der Waals surface area contributed by atoms with Crippen molar-refractivity contribution >= 4 is 5.96 Å². The summed E-state index contributed by atoms with van der Waals surface area (Å²) in [5.41, 5.74) is 2.94. The van der Waals surface area contributed by atoms with Gasteiger partial charge >= 0.3 is 0 Å². The molecule has 162 valence electrons. The summed E-state index contributed by atoms with van der Waals surface area (Å²) in [6, 6.07) is 15.3. The number of aryl methyl sites for hydroxylation is 1. The molecule has 1 saturated heterocycles. The first-order valence-corrected chi connectivity index (χ1v) is 10.8. The Kier molecular flexibility index (Phi) is 8.22. The van der Waals surface area contributed by atoms with Gasteiger partial charge in [0, 0.05) is 37.8 Å². The van der Waals surface area contributed by atoms with Crippen LogP contribution >= 0.6 is 0 Å². The fraction of sp³-hybridized carbons (Fsp3) is 0.458. The minimum Gasteiger partial charge on any atom is -0.386 e. The van der Waals surface area contributed by atoms with E-state index in [1.807, 2.05) is 6.92 Å². The van der Waals surface area contributed by atoms with Gasteiger partial charge in [0.15, 0.2) is 5.96 Å². The Morgan fingerprint density at radius 1 is 1.20 bits per heavy atom. The molecule has 0 aromatic heterocycles. The van der Waals surface area contributed by atoms with Crippen molar-refractivity contribution in [3.05, 3.63) is 71.0 Å². The summed E-state index contributed by atoms with van der Waals surface area (Å²) in [4.78, 5) is 6.97. The lowest BCUT2D eigenvalue weighted by Crippen LogP contribution is -2.48. The molecule has 3 N–H and O–H groups in total. The van der Waals surface area contributed by atoms with E-state index in [1.54, 1.807) is 18.2 Å². The average molecular weight is 413 g/mol. The second-order valence-electron chi connectivity index (χ2n) is 7.94. The smallest absolute Gasteiger partial charge is 0.191 e. The molecule has 1 fully saturated rings. The standard InChI is InChI=1S/C24H33FN4O/c1-3-26-24(27-16-23(30)21-9-4-5-10-22(21)25)28-20-11-13-29(14-12-20)17-19-8-6-7-18(2)15-19/h4-10,15,20,23,30H,3,11-14,16-17H2,1-2H3,(H2,26,27,28). The first-order valence-electron chi connectivity index (χ1n) is 10.8. The SMILES string of the molecule is CCNC(=NCC(O)c1ccccc1F)NC1CCN(Cc2cccc(C)c2)CC1. The van der Waals surface area contributed by atoms with Gasteiger partial charge in [-0.1, -0.05) is 48.0 Å². The van der Waals surface area contributed by atoms with Crippen molar-refractivity contribution in [3.8, 4) is 0 Å². The van der Waals surface area contributed by atoms with Crippen LogP contribution in [0, 0.1) is 12.7 Å². The minimum absolute atomic E-state index is 0.114. The summed E-state index contributed by atoms with van der Waals surface area (Å²) in [7, 11) is 0. The van der Waals surface area contributed by atoms with Gasteiger partial charge in [-0.25, -0.2) is 4.39 Å². The summed E-state index contributed by atoms with van der Waals surface area (Å²) >= 11 is 0. The zero-order chi connectivity index (χ0) is 21.3. The molecule has 6 heteroatoms. The Morgan fingerprint density at radius 2 is 1.97 bits per heavy atom. The Morgan fingerprint density at radius 3 is 2.67 bits per heavy atom. The quantitative estimate of drug-likeness (QED) is 0.482. The molecule has 1 aliphatic heterocycles. The lowest BCUT2D eigenvalue weighted by atomic mass is 10.0. The van der Waals surface area contributed by atoms with E-state index in [1.165, 1.54) is 17.2 Å². The second kappa shape index (κ2) is 11.1.